The molecule has 0 aliphatic carbocycles. The van der Waals surface area contributed by atoms with Crippen LogP contribution in [0.1, 0.15) is 0 Å². The molecule has 0 rings (SSSR count). The number of nitrogens with zero attached hydrogens (tertiary/aromatic N) is 1. The highest BCUT2D eigenvalue weighted by Crippen LogP contribution is 1.51. The SMILES string of the molecule is C=N[SH](=O)=O. The van der Waals surface area contributed by atoms with Crippen LogP contribution in [0.25, 0.3) is 0 Å². The van der Waals surface area contributed by atoms with E-state index in [1.54, 1.807) is 0 Å². The predicted octanol–water partition coefficient (Wildman–Crippen LogP) is -0.787. The quantitative estimate of drug-likeness (QED) is 0.341. The second-order valence-corrected chi connectivity index (χ2v) is 1.14. The summed E-state index contributed by atoms with van der Waals surface area (Å²) in [6.45, 7) is 2.71. The molecule has 30 valence electrons. The minimum atomic E-state index is -2.58. The Morgan fingerprint density at radius 1 is 1.60 bits per heavy atom. The Labute approximate surface area is 31.4 Å². The van der Waals surface area contributed by atoms with Crippen LogP contribution in [0.3, 0.4) is 0 Å². The van der Waals surface area contributed by atoms with E-state index in [1.165, 1.54) is 0 Å². The molecule has 5 heavy (non-hydrogen) atoms. The van der Waals surface area contributed by atoms with E-state index in [2.05, 4.69) is 11.1 Å². The molecule has 0 aromatic carbocycles. The van der Waals surface area contributed by atoms with Crippen LogP contribution in [0, 0.1) is 0 Å². The lowest BCUT2D eigenvalue weighted by molar-refractivity contribution is 0.616. The fourth-order valence-electron chi connectivity index (χ4n) is 0. The van der Waals surface area contributed by atoms with Gasteiger partial charge < -0.3 is 0 Å². The number of rotatable bonds is 1. The van der Waals surface area contributed by atoms with Crippen LogP contribution in [0.5, 0.6) is 0 Å². The topological polar surface area (TPSA) is 46.5 Å². The van der Waals surface area contributed by atoms with E-state index >= 15 is 0 Å². The summed E-state index contributed by atoms with van der Waals surface area (Å²) in [5.74, 6) is 0. The van der Waals surface area contributed by atoms with E-state index < -0.39 is 10.9 Å². The first-order valence-electron chi connectivity index (χ1n) is 0.881. The first kappa shape index (κ1) is 4.62. The highest BCUT2D eigenvalue weighted by atomic mass is 32.2. The zero-order valence-electron chi connectivity index (χ0n) is 2.42. The molecule has 0 aromatic heterocycles. The number of hydrogen-bond acceptors (Lipinski definition) is 2. The van der Waals surface area contributed by atoms with Gasteiger partial charge in [0.15, 0.2) is 0 Å². The predicted molar refractivity (Wildman–Crippen MR) is 19.9 cm³/mol. The third kappa shape index (κ3) is 3.62. The molecule has 0 aromatic rings. The summed E-state index contributed by atoms with van der Waals surface area (Å²) in [5.41, 5.74) is 0. The van der Waals surface area contributed by atoms with Gasteiger partial charge >= 0.3 is 0 Å². The number of hydrogen-bond donors (Lipinski definition) is 1. The van der Waals surface area contributed by atoms with Crippen molar-refractivity contribution in [3.05, 3.63) is 0 Å². The third-order valence-electron chi connectivity index (χ3n) is 0.115. The van der Waals surface area contributed by atoms with E-state index in [-0.39, 0.29) is 0 Å². The van der Waals surface area contributed by atoms with Gasteiger partial charge in [0, 0.05) is 6.72 Å². The van der Waals surface area contributed by atoms with Crippen molar-refractivity contribution in [3.63, 3.8) is 0 Å². The molecule has 0 aliphatic rings. The maximum atomic E-state index is 9.18. The largest absolute Gasteiger partial charge is 0.242 e. The van der Waals surface area contributed by atoms with E-state index in [9.17, 15) is 8.42 Å². The first-order chi connectivity index (χ1) is 2.27. The van der Waals surface area contributed by atoms with E-state index in [0.29, 0.717) is 0 Å². The van der Waals surface area contributed by atoms with Gasteiger partial charge in [-0.2, -0.15) is 4.40 Å². The average molecular weight is 93.1 g/mol. The highest BCUT2D eigenvalue weighted by Gasteiger charge is 1.54. The van der Waals surface area contributed by atoms with Crippen molar-refractivity contribution in [2.24, 2.45) is 4.40 Å². The van der Waals surface area contributed by atoms with Crippen LogP contribution in [-0.2, 0) is 10.9 Å². The Morgan fingerprint density at radius 3 is 1.80 bits per heavy atom. The van der Waals surface area contributed by atoms with Gasteiger partial charge in [-0.3, -0.25) is 0 Å². The van der Waals surface area contributed by atoms with Crippen molar-refractivity contribution in [1.82, 2.24) is 0 Å². The molecule has 0 amide bonds. The van der Waals surface area contributed by atoms with E-state index in [0.717, 1.165) is 0 Å². The Hall–Kier alpha value is -0.380. The monoisotopic (exact) mass is 93.0 g/mol. The molecule has 0 atom stereocenters. The number of thiol groups is 1. The molecule has 0 unspecified atom stereocenters. The maximum Gasteiger partial charge on any atom is 0.242 e. The first-order valence-corrected chi connectivity index (χ1v) is 2.01. The lowest BCUT2D eigenvalue weighted by Gasteiger charge is -1.52. The van der Waals surface area contributed by atoms with Crippen LogP contribution in [0.15, 0.2) is 4.40 Å². The summed E-state index contributed by atoms with van der Waals surface area (Å²) in [7, 11) is -2.58. The lowest BCUT2D eigenvalue weighted by atomic mass is 11.8. The summed E-state index contributed by atoms with van der Waals surface area (Å²) in [4.78, 5) is 0. The van der Waals surface area contributed by atoms with Gasteiger partial charge in [-0.05, 0) is 0 Å². The Morgan fingerprint density at radius 2 is 1.80 bits per heavy atom. The van der Waals surface area contributed by atoms with Crippen molar-refractivity contribution in [3.8, 4) is 0 Å². The summed E-state index contributed by atoms with van der Waals surface area (Å²) in [6.07, 6.45) is 0. The van der Waals surface area contributed by atoms with Crippen LogP contribution in [-0.4, -0.2) is 15.1 Å². The molecule has 0 fully saturated rings. The average Bonchev–Trinajstić information content (AvgIpc) is 1.38. The van der Waals surface area contributed by atoms with Crippen molar-refractivity contribution in [1.29, 1.82) is 0 Å². The summed E-state index contributed by atoms with van der Waals surface area (Å²) in [6, 6.07) is 0. The van der Waals surface area contributed by atoms with Crippen LogP contribution in [0.4, 0.5) is 0 Å². The maximum absolute atomic E-state index is 9.18. The van der Waals surface area contributed by atoms with Gasteiger partial charge in [-0.1, -0.05) is 0 Å². The molecule has 0 heterocycles. The molecular weight excluding hydrogens is 90.1 g/mol. The molecule has 4 heteroatoms. The molecular formula is CH3NO2S. The zero-order valence-corrected chi connectivity index (χ0v) is 3.31. The normalized spacial score (nSPS) is 8.20. The van der Waals surface area contributed by atoms with Gasteiger partial charge in [0.25, 0.3) is 0 Å². The summed E-state index contributed by atoms with van der Waals surface area (Å²) in [5, 5.41) is 0. The van der Waals surface area contributed by atoms with Gasteiger partial charge in [0.05, 0.1) is 0 Å². The van der Waals surface area contributed by atoms with Gasteiger partial charge in [0.1, 0.15) is 0 Å². The molecule has 0 spiro atoms. The molecule has 3 nitrogen and oxygen atoms in total. The van der Waals surface area contributed by atoms with Crippen molar-refractivity contribution in [2.75, 3.05) is 0 Å². The molecule has 0 bridgehead atoms. The third-order valence-corrected chi connectivity index (χ3v) is 0.346. The minimum Gasteiger partial charge on any atom is -0.208 e. The molecule has 0 saturated carbocycles. The smallest absolute Gasteiger partial charge is 0.208 e. The van der Waals surface area contributed by atoms with Crippen LogP contribution >= 0.6 is 0 Å². The van der Waals surface area contributed by atoms with E-state index in [4.69, 9.17) is 0 Å². The standard InChI is InChI=1S/CH3NO2S/c1-2-5(3)4/h5H,1H2. The fraction of sp³-hybridized carbons (Fsp3) is 0. The Balaban J connectivity index is 3.69. The van der Waals surface area contributed by atoms with Gasteiger partial charge in [-0.15, -0.1) is 0 Å². The molecule has 0 saturated heterocycles. The van der Waals surface area contributed by atoms with Gasteiger partial charge in [-0.25, -0.2) is 8.42 Å². The summed E-state index contributed by atoms with van der Waals surface area (Å²) >= 11 is 0. The second kappa shape index (κ2) is 1.90. The lowest BCUT2D eigenvalue weighted by Crippen LogP contribution is -1.56. The highest BCUT2D eigenvalue weighted by molar-refractivity contribution is 7.71. The zero-order chi connectivity index (χ0) is 4.28. The van der Waals surface area contributed by atoms with Crippen LogP contribution < -0.4 is 0 Å². The molecule has 0 N–H and O–H groups in total. The summed E-state index contributed by atoms with van der Waals surface area (Å²) < 4.78 is 20.9. The Bertz CT molecular complexity index is 85.8. The molecule has 0 radical (unpaired) electrons. The van der Waals surface area contributed by atoms with Crippen molar-refractivity contribution >= 4 is 17.6 Å². The fourth-order valence-corrected chi connectivity index (χ4v) is 0. The second-order valence-electron chi connectivity index (χ2n) is 0.379. The minimum absolute atomic E-state index is 2.58. The van der Waals surface area contributed by atoms with Crippen LogP contribution in [0.2, 0.25) is 0 Å². The Kier molecular flexibility index (Phi) is 1.75. The van der Waals surface area contributed by atoms with Crippen molar-refractivity contribution in [2.45, 2.75) is 0 Å². The van der Waals surface area contributed by atoms with E-state index in [1.807, 2.05) is 0 Å². The molecule has 0 aliphatic heterocycles. The van der Waals surface area contributed by atoms with Crippen molar-refractivity contribution < 1.29 is 8.42 Å². The van der Waals surface area contributed by atoms with Gasteiger partial charge in [0.2, 0.25) is 10.9 Å².